The third-order valence-corrected chi connectivity index (χ3v) is 10.7. The largest absolute Gasteiger partial charge is 0.463 e. The van der Waals surface area contributed by atoms with Crippen molar-refractivity contribution in [1.29, 1.82) is 0 Å². The smallest absolute Gasteiger partial charge is 0.448 e. The number of hydrogen-bond acceptors (Lipinski definition) is 8. The zero-order valence-corrected chi connectivity index (χ0v) is 23.9. The Morgan fingerprint density at radius 2 is 0.825 bits per heavy atom. The van der Waals surface area contributed by atoms with Crippen LogP contribution in [0.25, 0.3) is 0 Å². The van der Waals surface area contributed by atoms with Crippen molar-refractivity contribution in [3.8, 4) is 23.0 Å². The lowest BCUT2D eigenvalue weighted by Crippen LogP contribution is -2.27. The van der Waals surface area contributed by atoms with Gasteiger partial charge in [0.2, 0.25) is 5.40 Å². The molecule has 4 rings (SSSR count). The first kappa shape index (κ1) is 29.0. The van der Waals surface area contributed by atoms with E-state index in [2.05, 4.69) is 0 Å². The summed E-state index contributed by atoms with van der Waals surface area (Å²) < 4.78 is 59.2. The Kier molecular flexibility index (Phi) is 9.70. The molecule has 0 radical (unpaired) electrons. The molecule has 40 heavy (non-hydrogen) atoms. The summed E-state index contributed by atoms with van der Waals surface area (Å²) in [6, 6.07) is 33.1. The molecule has 0 fully saturated rings. The van der Waals surface area contributed by atoms with Crippen LogP contribution < -0.4 is 18.1 Å². The molecule has 0 amide bonds. The van der Waals surface area contributed by atoms with E-state index in [0.29, 0.717) is 0 Å². The summed E-state index contributed by atoms with van der Waals surface area (Å²) in [5.41, 5.74) is 0. The van der Waals surface area contributed by atoms with Gasteiger partial charge in [0.15, 0.2) is 0 Å². The van der Waals surface area contributed by atoms with Crippen LogP contribution >= 0.6 is 15.2 Å². The van der Waals surface area contributed by atoms with Crippen LogP contribution in [0.3, 0.4) is 0 Å². The van der Waals surface area contributed by atoms with Crippen LogP contribution in [0.2, 0.25) is 0 Å². The molecule has 0 aromatic heterocycles. The van der Waals surface area contributed by atoms with Gasteiger partial charge in [-0.25, -0.2) is 9.13 Å². The Labute approximate surface area is 233 Å². The minimum atomic E-state index is -4.58. The standard InChI is InChI=1S/C30H30O8P2/c1-24(2)34-29(31)23-30(39(32,35-25-15-7-3-8-16-25)36-26-17-9-4-10-18-26)40(33,37-27-19-11-5-12-20-27)38-28-21-13-6-14-22-28/h3-22,24,30H,23H2,1-2H3. The fraction of sp³-hybridized carbons (Fsp3) is 0.167. The normalized spacial score (nSPS) is 11.6. The Balaban J connectivity index is 1.87. The molecule has 0 aliphatic heterocycles. The lowest BCUT2D eigenvalue weighted by molar-refractivity contribution is -0.147. The van der Waals surface area contributed by atoms with Crippen LogP contribution in [0.4, 0.5) is 0 Å². The van der Waals surface area contributed by atoms with Gasteiger partial charge in [-0.1, -0.05) is 72.8 Å². The molecule has 4 aromatic rings. The van der Waals surface area contributed by atoms with Crippen LogP contribution in [0.1, 0.15) is 20.3 Å². The summed E-state index contributed by atoms with van der Waals surface area (Å²) in [6.45, 7) is 3.35. The number of benzene rings is 4. The van der Waals surface area contributed by atoms with Crippen LogP contribution in [-0.2, 0) is 18.7 Å². The summed E-state index contributed by atoms with van der Waals surface area (Å²) in [5, 5.41) is -1.73. The number of rotatable bonds is 13. The first-order valence-electron chi connectivity index (χ1n) is 12.6. The van der Waals surface area contributed by atoms with E-state index >= 15 is 0 Å². The van der Waals surface area contributed by atoms with Crippen molar-refractivity contribution in [1.82, 2.24) is 0 Å². The highest BCUT2D eigenvalue weighted by Gasteiger charge is 2.57. The topological polar surface area (TPSA) is 97.4 Å². The second-order valence-corrected chi connectivity index (χ2v) is 13.5. The molecule has 0 N–H and O–H groups in total. The zero-order valence-electron chi connectivity index (χ0n) is 22.1. The average molecular weight is 581 g/mol. The highest BCUT2D eigenvalue weighted by molar-refractivity contribution is 7.73. The molecule has 0 aliphatic rings. The summed E-state index contributed by atoms with van der Waals surface area (Å²) >= 11 is 0. The van der Waals surface area contributed by atoms with Crippen LogP contribution in [-0.4, -0.2) is 17.5 Å². The van der Waals surface area contributed by atoms with E-state index in [-0.39, 0.29) is 23.0 Å². The molecular weight excluding hydrogens is 550 g/mol. The van der Waals surface area contributed by atoms with Crippen molar-refractivity contribution in [3.63, 3.8) is 0 Å². The molecule has 0 saturated heterocycles. The Morgan fingerprint density at radius 1 is 0.550 bits per heavy atom. The van der Waals surface area contributed by atoms with E-state index in [4.69, 9.17) is 22.8 Å². The van der Waals surface area contributed by atoms with Crippen LogP contribution in [0.5, 0.6) is 23.0 Å². The Morgan fingerprint density at radius 3 is 1.07 bits per heavy atom. The number of carbonyl (C=O) groups excluding carboxylic acids is 1. The predicted octanol–water partition coefficient (Wildman–Crippen LogP) is 8.36. The number of ether oxygens (including phenoxy) is 1. The van der Waals surface area contributed by atoms with Crippen LogP contribution in [0, 0.1) is 0 Å². The summed E-state index contributed by atoms with van der Waals surface area (Å²) in [5.74, 6) is -0.0723. The monoisotopic (exact) mass is 580 g/mol. The van der Waals surface area contributed by atoms with Gasteiger partial charge in [0.1, 0.15) is 23.0 Å². The fourth-order valence-corrected chi connectivity index (χ4v) is 8.57. The average Bonchev–Trinajstić information content (AvgIpc) is 2.93. The molecule has 0 saturated carbocycles. The van der Waals surface area contributed by atoms with Gasteiger partial charge in [-0.15, -0.1) is 0 Å². The highest BCUT2D eigenvalue weighted by Crippen LogP contribution is 2.70. The third-order valence-electron chi connectivity index (χ3n) is 5.35. The van der Waals surface area contributed by atoms with Crippen molar-refractivity contribution in [2.24, 2.45) is 0 Å². The van der Waals surface area contributed by atoms with Gasteiger partial charge in [-0.05, 0) is 62.4 Å². The van der Waals surface area contributed by atoms with Crippen LogP contribution in [0.15, 0.2) is 121 Å². The summed E-state index contributed by atoms with van der Waals surface area (Å²) in [6.07, 6.45) is -1.13. The van der Waals surface area contributed by atoms with Crippen molar-refractivity contribution in [2.45, 2.75) is 31.8 Å². The van der Waals surface area contributed by atoms with Gasteiger partial charge < -0.3 is 22.8 Å². The van der Waals surface area contributed by atoms with Crippen molar-refractivity contribution in [2.75, 3.05) is 0 Å². The van der Waals surface area contributed by atoms with Crippen molar-refractivity contribution >= 4 is 21.2 Å². The number of para-hydroxylation sites is 4. The third kappa shape index (κ3) is 8.01. The fourth-order valence-electron chi connectivity index (χ4n) is 3.65. The van der Waals surface area contributed by atoms with Gasteiger partial charge in [0.25, 0.3) is 0 Å². The Bertz CT molecular complexity index is 1260. The molecule has 0 unspecified atom stereocenters. The van der Waals surface area contributed by atoms with Crippen molar-refractivity contribution < 1.29 is 36.8 Å². The molecule has 208 valence electrons. The summed E-state index contributed by atoms with van der Waals surface area (Å²) in [7, 11) is -9.16. The Hall–Kier alpha value is -3.99. The molecule has 0 bridgehead atoms. The summed E-state index contributed by atoms with van der Waals surface area (Å²) in [4.78, 5) is 13.1. The number of carbonyl (C=O) groups is 1. The van der Waals surface area contributed by atoms with E-state index in [1.165, 1.54) is 0 Å². The van der Waals surface area contributed by atoms with E-state index < -0.39 is 39.1 Å². The molecular formula is C30H30O8P2. The first-order valence-corrected chi connectivity index (χ1v) is 15.9. The van der Waals surface area contributed by atoms with Gasteiger partial charge in [-0.2, -0.15) is 0 Å². The second-order valence-electron chi connectivity index (χ2n) is 8.92. The second kappa shape index (κ2) is 13.4. The first-order chi connectivity index (χ1) is 19.3. The van der Waals surface area contributed by atoms with Gasteiger partial charge in [-0.3, -0.25) is 4.79 Å². The lowest BCUT2D eigenvalue weighted by Gasteiger charge is -2.31. The maximum Gasteiger partial charge on any atom is 0.448 e. The van der Waals surface area contributed by atoms with Gasteiger partial charge in [0.05, 0.1) is 12.5 Å². The predicted molar refractivity (Wildman–Crippen MR) is 153 cm³/mol. The van der Waals surface area contributed by atoms with E-state index in [1.807, 2.05) is 0 Å². The molecule has 0 atom stereocenters. The minimum Gasteiger partial charge on any atom is -0.463 e. The quantitative estimate of drug-likeness (QED) is 0.115. The van der Waals surface area contributed by atoms with E-state index in [9.17, 15) is 13.9 Å². The maximum absolute atomic E-state index is 14.9. The zero-order chi connectivity index (χ0) is 28.4. The highest BCUT2D eigenvalue weighted by atomic mass is 31.2. The molecule has 8 nitrogen and oxygen atoms in total. The van der Waals surface area contributed by atoms with Gasteiger partial charge >= 0.3 is 21.2 Å². The number of esters is 1. The van der Waals surface area contributed by atoms with E-state index in [1.54, 1.807) is 135 Å². The molecule has 4 aromatic carbocycles. The molecule has 0 aliphatic carbocycles. The minimum absolute atomic E-state index is 0.176. The lowest BCUT2D eigenvalue weighted by atomic mass is 10.3. The molecule has 0 spiro atoms. The SMILES string of the molecule is CC(C)OC(=O)CC(P(=O)(Oc1ccccc1)Oc1ccccc1)P(=O)(Oc1ccccc1)Oc1ccccc1. The van der Waals surface area contributed by atoms with Crippen molar-refractivity contribution in [3.05, 3.63) is 121 Å². The maximum atomic E-state index is 14.9. The van der Waals surface area contributed by atoms with Gasteiger partial charge in [0, 0.05) is 0 Å². The van der Waals surface area contributed by atoms with E-state index in [0.717, 1.165) is 0 Å². The molecule has 10 heteroatoms. The number of hydrogen-bond donors (Lipinski definition) is 0. The molecule has 0 heterocycles.